The van der Waals surface area contributed by atoms with Gasteiger partial charge in [0, 0.05) is 40.1 Å². The van der Waals surface area contributed by atoms with Gasteiger partial charge in [0.15, 0.2) is 0 Å². The van der Waals surface area contributed by atoms with Crippen molar-refractivity contribution in [3.63, 3.8) is 0 Å². The SMILES string of the molecule is Cc1coc(C)c1NC(=O)Nc1cccc(Nc2ccc3c(c2)NC(=O)C3=Cc2ccc[nH]2)c1. The standard InChI is InChI=1S/C26H23N5O3/c1-15-14-34-16(2)24(15)31-26(33)29-19-6-3-5-18(11-19)28-20-8-9-21-22(12-17-7-4-10-27-17)25(32)30-23(21)13-20/h3-14,27-28H,1-2H3,(H,30,32)(H2,29,31,33). The van der Waals surface area contributed by atoms with E-state index in [1.165, 1.54) is 0 Å². The molecular formula is C26H23N5O3. The first-order chi connectivity index (χ1) is 16.5. The Bertz CT molecular complexity index is 1400. The highest BCUT2D eigenvalue weighted by Gasteiger charge is 2.24. The first kappa shape index (κ1) is 21.1. The Morgan fingerprint density at radius 1 is 0.971 bits per heavy atom. The third-order valence-corrected chi connectivity index (χ3v) is 5.53. The molecule has 1 aliphatic heterocycles. The Labute approximate surface area is 196 Å². The van der Waals surface area contributed by atoms with Crippen LogP contribution in [0.1, 0.15) is 22.6 Å². The van der Waals surface area contributed by atoms with Gasteiger partial charge >= 0.3 is 6.03 Å². The third-order valence-electron chi connectivity index (χ3n) is 5.53. The Kier molecular flexibility index (Phi) is 5.39. The van der Waals surface area contributed by atoms with E-state index in [0.717, 1.165) is 33.9 Å². The molecule has 3 heterocycles. The molecule has 0 fully saturated rings. The fourth-order valence-corrected chi connectivity index (χ4v) is 3.88. The molecule has 0 saturated carbocycles. The lowest BCUT2D eigenvalue weighted by Crippen LogP contribution is -2.20. The van der Waals surface area contributed by atoms with Crippen LogP contribution in [-0.2, 0) is 4.79 Å². The quantitative estimate of drug-likeness (QED) is 0.235. The van der Waals surface area contributed by atoms with Gasteiger partial charge in [-0.15, -0.1) is 0 Å². The number of carbonyl (C=O) groups excluding carboxylic acids is 2. The van der Waals surface area contributed by atoms with E-state index in [-0.39, 0.29) is 11.9 Å². The molecule has 2 aromatic heterocycles. The summed E-state index contributed by atoms with van der Waals surface area (Å²) in [6.45, 7) is 3.67. The molecule has 0 spiro atoms. The van der Waals surface area contributed by atoms with Crippen LogP contribution < -0.4 is 21.3 Å². The van der Waals surface area contributed by atoms with Gasteiger partial charge in [-0.2, -0.15) is 0 Å². The van der Waals surface area contributed by atoms with Crippen LogP contribution in [0.2, 0.25) is 0 Å². The van der Waals surface area contributed by atoms with E-state index >= 15 is 0 Å². The average molecular weight is 454 g/mol. The van der Waals surface area contributed by atoms with Crippen LogP contribution in [0, 0.1) is 13.8 Å². The van der Waals surface area contributed by atoms with Crippen LogP contribution in [-0.4, -0.2) is 16.9 Å². The number of aromatic nitrogens is 1. The summed E-state index contributed by atoms with van der Waals surface area (Å²) in [6.07, 6.45) is 5.26. The van der Waals surface area contributed by atoms with Crippen molar-refractivity contribution in [2.24, 2.45) is 0 Å². The highest BCUT2D eigenvalue weighted by atomic mass is 16.3. The summed E-state index contributed by atoms with van der Waals surface area (Å²) < 4.78 is 5.32. The molecule has 5 N–H and O–H groups in total. The van der Waals surface area contributed by atoms with E-state index in [1.54, 1.807) is 19.3 Å². The monoisotopic (exact) mass is 453 g/mol. The molecule has 0 atom stereocenters. The van der Waals surface area contributed by atoms with E-state index in [9.17, 15) is 9.59 Å². The second-order valence-electron chi connectivity index (χ2n) is 8.03. The van der Waals surface area contributed by atoms with E-state index < -0.39 is 0 Å². The number of aryl methyl sites for hydroxylation is 2. The molecule has 3 amide bonds. The van der Waals surface area contributed by atoms with Crippen molar-refractivity contribution >= 4 is 52.0 Å². The number of urea groups is 1. The molecule has 8 nitrogen and oxygen atoms in total. The minimum absolute atomic E-state index is 0.137. The number of carbonyl (C=O) groups is 2. The predicted molar refractivity (Wildman–Crippen MR) is 134 cm³/mol. The fraction of sp³-hybridized carbons (Fsp3) is 0.0769. The molecule has 5 rings (SSSR count). The summed E-state index contributed by atoms with van der Waals surface area (Å²) in [4.78, 5) is 28.0. The minimum Gasteiger partial charge on any atom is -0.467 e. The van der Waals surface area contributed by atoms with Gasteiger partial charge in [-0.05, 0) is 62.4 Å². The summed E-state index contributed by atoms with van der Waals surface area (Å²) in [5, 5.41) is 11.9. The average Bonchev–Trinajstić information content (AvgIpc) is 3.51. The summed E-state index contributed by atoms with van der Waals surface area (Å²) in [7, 11) is 0. The number of furan rings is 1. The van der Waals surface area contributed by atoms with E-state index in [2.05, 4.69) is 26.3 Å². The number of aromatic amines is 1. The van der Waals surface area contributed by atoms with Crippen LogP contribution in [0.15, 0.2) is 71.5 Å². The van der Waals surface area contributed by atoms with E-state index in [4.69, 9.17) is 4.42 Å². The van der Waals surface area contributed by atoms with Crippen molar-refractivity contribution in [2.75, 3.05) is 21.3 Å². The fourth-order valence-electron chi connectivity index (χ4n) is 3.88. The maximum absolute atomic E-state index is 12.5. The van der Waals surface area contributed by atoms with Crippen molar-refractivity contribution in [1.29, 1.82) is 0 Å². The zero-order chi connectivity index (χ0) is 23.7. The third kappa shape index (κ3) is 4.29. The zero-order valence-electron chi connectivity index (χ0n) is 18.7. The first-order valence-electron chi connectivity index (χ1n) is 10.8. The molecule has 1 aliphatic rings. The molecule has 0 aliphatic carbocycles. The zero-order valence-corrected chi connectivity index (χ0v) is 18.7. The largest absolute Gasteiger partial charge is 0.467 e. The topological polar surface area (TPSA) is 111 Å². The van der Waals surface area contributed by atoms with E-state index in [0.29, 0.717) is 22.7 Å². The second-order valence-corrected chi connectivity index (χ2v) is 8.03. The number of H-pyrrole nitrogens is 1. The lowest BCUT2D eigenvalue weighted by atomic mass is 10.1. The van der Waals surface area contributed by atoms with Crippen molar-refractivity contribution < 1.29 is 14.0 Å². The molecular weight excluding hydrogens is 430 g/mol. The Morgan fingerprint density at radius 2 is 1.79 bits per heavy atom. The Morgan fingerprint density at radius 3 is 2.56 bits per heavy atom. The van der Waals surface area contributed by atoms with Crippen molar-refractivity contribution in [1.82, 2.24) is 4.98 Å². The molecule has 0 radical (unpaired) electrons. The lowest BCUT2D eigenvalue weighted by Gasteiger charge is -2.11. The van der Waals surface area contributed by atoms with Gasteiger partial charge in [-0.1, -0.05) is 12.1 Å². The number of anilines is 5. The molecule has 0 unspecified atom stereocenters. The van der Waals surface area contributed by atoms with Crippen molar-refractivity contribution in [2.45, 2.75) is 13.8 Å². The summed E-state index contributed by atoms with van der Waals surface area (Å²) >= 11 is 0. The van der Waals surface area contributed by atoms with Crippen LogP contribution in [0.25, 0.3) is 11.6 Å². The number of amides is 3. The van der Waals surface area contributed by atoms with Crippen molar-refractivity contribution in [3.8, 4) is 0 Å². The predicted octanol–water partition coefficient (Wildman–Crippen LogP) is 6.10. The Hall–Kier alpha value is -4.72. The highest BCUT2D eigenvalue weighted by molar-refractivity contribution is 6.35. The number of benzene rings is 2. The summed E-state index contributed by atoms with van der Waals surface area (Å²) in [5.41, 5.74) is 6.83. The molecule has 2 aromatic carbocycles. The van der Waals surface area contributed by atoms with Gasteiger partial charge in [0.05, 0.1) is 23.2 Å². The van der Waals surface area contributed by atoms with Crippen LogP contribution in [0.4, 0.5) is 33.2 Å². The van der Waals surface area contributed by atoms with Gasteiger partial charge in [0.25, 0.3) is 5.91 Å². The van der Waals surface area contributed by atoms with Crippen LogP contribution in [0.5, 0.6) is 0 Å². The van der Waals surface area contributed by atoms with Gasteiger partial charge in [-0.3, -0.25) is 4.79 Å². The lowest BCUT2D eigenvalue weighted by molar-refractivity contribution is -0.110. The molecule has 34 heavy (non-hydrogen) atoms. The summed E-state index contributed by atoms with van der Waals surface area (Å²) in [5.74, 6) is 0.514. The molecule has 170 valence electrons. The van der Waals surface area contributed by atoms with Gasteiger partial charge < -0.3 is 30.7 Å². The Balaban J connectivity index is 1.29. The number of rotatable bonds is 5. The van der Waals surface area contributed by atoms with Gasteiger partial charge in [-0.25, -0.2) is 4.79 Å². The number of fused-ring (bicyclic) bond motifs is 1. The number of hydrogen-bond acceptors (Lipinski definition) is 4. The second kappa shape index (κ2) is 8.67. The van der Waals surface area contributed by atoms with Crippen LogP contribution in [0.3, 0.4) is 0 Å². The van der Waals surface area contributed by atoms with Gasteiger partial charge in [0.1, 0.15) is 5.76 Å². The molecule has 4 aromatic rings. The smallest absolute Gasteiger partial charge is 0.323 e. The first-order valence-corrected chi connectivity index (χ1v) is 10.8. The van der Waals surface area contributed by atoms with Crippen molar-refractivity contribution in [3.05, 3.63) is 89.6 Å². The summed E-state index contributed by atoms with van der Waals surface area (Å²) in [6, 6.07) is 16.5. The molecule has 0 bridgehead atoms. The normalized spacial score (nSPS) is 13.5. The molecule has 0 saturated heterocycles. The minimum atomic E-state index is -0.355. The molecule has 8 heteroatoms. The maximum atomic E-state index is 12.5. The number of nitrogens with one attached hydrogen (secondary N) is 5. The number of hydrogen-bond donors (Lipinski definition) is 5. The maximum Gasteiger partial charge on any atom is 0.323 e. The van der Waals surface area contributed by atoms with E-state index in [1.807, 2.05) is 67.7 Å². The van der Waals surface area contributed by atoms with Crippen LogP contribution >= 0.6 is 0 Å². The highest BCUT2D eigenvalue weighted by Crippen LogP contribution is 2.35. The van der Waals surface area contributed by atoms with Gasteiger partial charge in [0.2, 0.25) is 0 Å².